The van der Waals surface area contributed by atoms with Gasteiger partial charge in [0.25, 0.3) is 0 Å². The van der Waals surface area contributed by atoms with E-state index in [0.717, 1.165) is 19.1 Å². The first kappa shape index (κ1) is 16.0. The number of ether oxygens (including phenoxy) is 1. The Labute approximate surface area is 114 Å². The molecule has 0 spiro atoms. The molecule has 108 valence electrons. The largest absolute Gasteiger partial charge is 0.378 e. The molecule has 3 unspecified atom stereocenters. The molecule has 2 heteroatoms. The van der Waals surface area contributed by atoms with Crippen LogP contribution in [0.15, 0.2) is 0 Å². The normalized spacial score (nSPS) is 25.5. The highest BCUT2D eigenvalue weighted by molar-refractivity contribution is 4.84. The molecule has 0 saturated carbocycles. The van der Waals surface area contributed by atoms with Gasteiger partial charge in [0.15, 0.2) is 0 Å². The van der Waals surface area contributed by atoms with E-state index in [0.29, 0.717) is 12.1 Å². The zero-order valence-corrected chi connectivity index (χ0v) is 12.7. The van der Waals surface area contributed by atoms with Crippen molar-refractivity contribution in [1.29, 1.82) is 0 Å². The van der Waals surface area contributed by atoms with Gasteiger partial charge in [-0.05, 0) is 26.3 Å². The second-order valence-electron chi connectivity index (χ2n) is 5.75. The Morgan fingerprint density at radius 1 is 1.11 bits per heavy atom. The van der Waals surface area contributed by atoms with Crippen LogP contribution in [-0.4, -0.2) is 25.3 Å². The zero-order valence-electron chi connectivity index (χ0n) is 12.7. The van der Waals surface area contributed by atoms with E-state index in [2.05, 4.69) is 26.1 Å². The molecule has 1 saturated heterocycles. The van der Waals surface area contributed by atoms with Gasteiger partial charge in [0, 0.05) is 18.6 Å². The van der Waals surface area contributed by atoms with Gasteiger partial charge in [-0.25, -0.2) is 0 Å². The van der Waals surface area contributed by atoms with Crippen molar-refractivity contribution in [3.05, 3.63) is 0 Å². The van der Waals surface area contributed by atoms with Crippen LogP contribution in [0.25, 0.3) is 0 Å². The highest BCUT2D eigenvalue weighted by atomic mass is 16.5. The van der Waals surface area contributed by atoms with Gasteiger partial charge in [-0.15, -0.1) is 0 Å². The molecular formula is C16H33NO. The first-order chi connectivity index (χ1) is 8.79. The molecule has 1 aliphatic heterocycles. The smallest absolute Gasteiger partial charge is 0.0590 e. The first-order valence-electron chi connectivity index (χ1n) is 8.14. The van der Waals surface area contributed by atoms with Crippen molar-refractivity contribution in [2.24, 2.45) is 5.92 Å². The van der Waals surface area contributed by atoms with Crippen molar-refractivity contribution in [2.45, 2.75) is 84.3 Å². The van der Waals surface area contributed by atoms with E-state index in [1.54, 1.807) is 0 Å². The SMILES string of the molecule is CCCCCCCCC(NCC)C1CCOC1C. The average molecular weight is 255 g/mol. The standard InChI is InChI=1S/C16H33NO/c1-4-6-7-8-9-10-11-16(17-5-2)15-12-13-18-14(15)3/h14-17H,4-13H2,1-3H3. The van der Waals surface area contributed by atoms with Crippen LogP contribution in [0.5, 0.6) is 0 Å². The predicted octanol–water partition coefficient (Wildman–Crippen LogP) is 4.14. The molecule has 0 aliphatic carbocycles. The topological polar surface area (TPSA) is 21.3 Å². The lowest BCUT2D eigenvalue weighted by atomic mass is 9.89. The zero-order chi connectivity index (χ0) is 13.2. The number of nitrogens with one attached hydrogen (secondary N) is 1. The summed E-state index contributed by atoms with van der Waals surface area (Å²) in [6, 6.07) is 0.679. The Kier molecular flexibility index (Phi) is 8.70. The third-order valence-electron chi connectivity index (χ3n) is 4.29. The maximum absolute atomic E-state index is 5.71. The van der Waals surface area contributed by atoms with E-state index in [4.69, 9.17) is 4.74 Å². The molecule has 1 N–H and O–H groups in total. The van der Waals surface area contributed by atoms with Gasteiger partial charge < -0.3 is 10.1 Å². The summed E-state index contributed by atoms with van der Waals surface area (Å²) in [5, 5.41) is 3.68. The van der Waals surface area contributed by atoms with Gasteiger partial charge in [-0.2, -0.15) is 0 Å². The Morgan fingerprint density at radius 3 is 2.44 bits per heavy atom. The van der Waals surface area contributed by atoms with Crippen LogP contribution in [0.4, 0.5) is 0 Å². The summed E-state index contributed by atoms with van der Waals surface area (Å²) in [5.74, 6) is 0.737. The highest BCUT2D eigenvalue weighted by Gasteiger charge is 2.30. The van der Waals surface area contributed by atoms with E-state index in [-0.39, 0.29) is 0 Å². The molecule has 2 nitrogen and oxygen atoms in total. The third-order valence-corrected chi connectivity index (χ3v) is 4.29. The lowest BCUT2D eigenvalue weighted by Gasteiger charge is -2.26. The van der Waals surface area contributed by atoms with Gasteiger partial charge in [0.2, 0.25) is 0 Å². The molecule has 1 aliphatic rings. The summed E-state index contributed by atoms with van der Waals surface area (Å²) in [4.78, 5) is 0. The van der Waals surface area contributed by atoms with Crippen molar-refractivity contribution in [2.75, 3.05) is 13.2 Å². The fourth-order valence-corrected chi connectivity index (χ4v) is 3.15. The molecule has 0 amide bonds. The Hall–Kier alpha value is -0.0800. The molecule has 1 rings (SSSR count). The predicted molar refractivity (Wildman–Crippen MR) is 79.0 cm³/mol. The quantitative estimate of drug-likeness (QED) is 0.592. The molecule has 0 radical (unpaired) electrons. The first-order valence-corrected chi connectivity index (χ1v) is 8.14. The summed E-state index contributed by atoms with van der Waals surface area (Å²) in [6.07, 6.45) is 11.4. The van der Waals surface area contributed by atoms with Gasteiger partial charge in [0.05, 0.1) is 6.10 Å². The van der Waals surface area contributed by atoms with E-state index in [9.17, 15) is 0 Å². The summed E-state index contributed by atoms with van der Waals surface area (Å²) in [7, 11) is 0. The minimum atomic E-state index is 0.453. The minimum Gasteiger partial charge on any atom is -0.378 e. The van der Waals surface area contributed by atoms with Crippen molar-refractivity contribution in [3.63, 3.8) is 0 Å². The van der Waals surface area contributed by atoms with Crippen molar-refractivity contribution < 1.29 is 4.74 Å². The highest BCUT2D eigenvalue weighted by Crippen LogP contribution is 2.26. The Bertz CT molecular complexity index is 196. The summed E-state index contributed by atoms with van der Waals surface area (Å²) < 4.78 is 5.71. The summed E-state index contributed by atoms with van der Waals surface area (Å²) >= 11 is 0. The van der Waals surface area contributed by atoms with Crippen LogP contribution < -0.4 is 5.32 Å². The van der Waals surface area contributed by atoms with E-state index < -0.39 is 0 Å². The molecule has 0 aromatic carbocycles. The average Bonchev–Trinajstić information content (AvgIpc) is 2.78. The Balaban J connectivity index is 2.17. The number of hydrogen-bond acceptors (Lipinski definition) is 2. The maximum atomic E-state index is 5.71. The number of hydrogen-bond donors (Lipinski definition) is 1. The van der Waals surface area contributed by atoms with Gasteiger partial charge in [-0.1, -0.05) is 52.4 Å². The van der Waals surface area contributed by atoms with Gasteiger partial charge >= 0.3 is 0 Å². The lowest BCUT2D eigenvalue weighted by Crippen LogP contribution is -2.39. The maximum Gasteiger partial charge on any atom is 0.0590 e. The van der Waals surface area contributed by atoms with E-state index in [1.165, 1.54) is 51.4 Å². The van der Waals surface area contributed by atoms with Crippen LogP contribution in [0.2, 0.25) is 0 Å². The van der Waals surface area contributed by atoms with Crippen LogP contribution in [0.3, 0.4) is 0 Å². The van der Waals surface area contributed by atoms with E-state index >= 15 is 0 Å². The third kappa shape index (κ3) is 5.71. The monoisotopic (exact) mass is 255 g/mol. The van der Waals surface area contributed by atoms with Crippen molar-refractivity contribution in [1.82, 2.24) is 5.32 Å². The van der Waals surface area contributed by atoms with Gasteiger partial charge in [-0.3, -0.25) is 0 Å². The molecule has 0 aromatic rings. The lowest BCUT2D eigenvalue weighted by molar-refractivity contribution is 0.0941. The second kappa shape index (κ2) is 9.80. The molecular weight excluding hydrogens is 222 g/mol. The fraction of sp³-hybridized carbons (Fsp3) is 1.00. The van der Waals surface area contributed by atoms with Crippen LogP contribution in [0, 0.1) is 5.92 Å². The molecule has 1 fully saturated rings. The second-order valence-corrected chi connectivity index (χ2v) is 5.75. The Morgan fingerprint density at radius 2 is 1.83 bits per heavy atom. The van der Waals surface area contributed by atoms with Crippen LogP contribution in [0.1, 0.15) is 72.1 Å². The molecule has 1 heterocycles. The number of unbranched alkanes of at least 4 members (excludes halogenated alkanes) is 5. The van der Waals surface area contributed by atoms with Crippen LogP contribution >= 0.6 is 0 Å². The number of rotatable bonds is 10. The van der Waals surface area contributed by atoms with E-state index in [1.807, 2.05) is 0 Å². The molecule has 3 atom stereocenters. The molecule has 18 heavy (non-hydrogen) atoms. The van der Waals surface area contributed by atoms with Crippen LogP contribution in [-0.2, 0) is 4.74 Å². The summed E-state index contributed by atoms with van der Waals surface area (Å²) in [5.41, 5.74) is 0. The van der Waals surface area contributed by atoms with Crippen molar-refractivity contribution >= 4 is 0 Å². The molecule has 0 aromatic heterocycles. The fourth-order valence-electron chi connectivity index (χ4n) is 3.15. The van der Waals surface area contributed by atoms with Gasteiger partial charge in [0.1, 0.15) is 0 Å². The minimum absolute atomic E-state index is 0.453. The van der Waals surface area contributed by atoms with Crippen molar-refractivity contribution in [3.8, 4) is 0 Å². The molecule has 0 bridgehead atoms. The summed E-state index contributed by atoms with van der Waals surface area (Å²) in [6.45, 7) is 8.79.